The van der Waals surface area contributed by atoms with E-state index < -0.39 is 10.0 Å². The molecule has 24 heavy (non-hydrogen) atoms. The Bertz CT molecular complexity index is 797. The molecule has 1 aliphatic rings. The standard InChI is InChI=1S/C18H24N2O3S/c1-4-24(21,22)20-12-8-11-15(20)18-19-16(17(23-18)13(2)3)14-9-6-5-7-10-14/h5-7,9-10,13,15H,4,8,11-12H2,1-3H3. The number of hydrogen-bond donors (Lipinski definition) is 0. The van der Waals surface area contributed by atoms with Crippen molar-refractivity contribution in [3.8, 4) is 11.3 Å². The third kappa shape index (κ3) is 3.13. The molecular formula is C18H24N2O3S. The zero-order valence-electron chi connectivity index (χ0n) is 14.4. The Labute approximate surface area is 143 Å². The van der Waals surface area contributed by atoms with Gasteiger partial charge in [-0.25, -0.2) is 13.4 Å². The summed E-state index contributed by atoms with van der Waals surface area (Å²) in [6.07, 6.45) is 1.59. The number of sulfonamides is 1. The van der Waals surface area contributed by atoms with Crippen molar-refractivity contribution in [2.45, 2.75) is 45.6 Å². The lowest BCUT2D eigenvalue weighted by atomic mass is 10.0. The number of hydrogen-bond acceptors (Lipinski definition) is 4. The molecule has 130 valence electrons. The van der Waals surface area contributed by atoms with E-state index in [0.29, 0.717) is 12.4 Å². The fraction of sp³-hybridized carbons (Fsp3) is 0.500. The van der Waals surface area contributed by atoms with E-state index in [9.17, 15) is 8.42 Å². The maximum atomic E-state index is 12.3. The van der Waals surface area contributed by atoms with Crippen molar-refractivity contribution < 1.29 is 12.8 Å². The topological polar surface area (TPSA) is 63.4 Å². The van der Waals surface area contributed by atoms with E-state index in [4.69, 9.17) is 9.40 Å². The van der Waals surface area contributed by atoms with Crippen LogP contribution in [0.4, 0.5) is 0 Å². The summed E-state index contributed by atoms with van der Waals surface area (Å²) in [4.78, 5) is 4.71. The van der Waals surface area contributed by atoms with E-state index in [-0.39, 0.29) is 17.7 Å². The van der Waals surface area contributed by atoms with Gasteiger partial charge in [0, 0.05) is 18.0 Å². The Hall–Kier alpha value is -1.66. The minimum atomic E-state index is -3.25. The molecule has 0 saturated carbocycles. The molecule has 1 aromatic carbocycles. The smallest absolute Gasteiger partial charge is 0.214 e. The van der Waals surface area contributed by atoms with Gasteiger partial charge < -0.3 is 4.42 Å². The number of rotatable bonds is 5. The molecule has 1 unspecified atom stereocenters. The summed E-state index contributed by atoms with van der Waals surface area (Å²) < 4.78 is 32.3. The first kappa shape index (κ1) is 17.2. The highest BCUT2D eigenvalue weighted by Gasteiger charge is 2.37. The van der Waals surface area contributed by atoms with Gasteiger partial charge in [0.2, 0.25) is 15.9 Å². The minimum Gasteiger partial charge on any atom is -0.443 e. The quantitative estimate of drug-likeness (QED) is 0.821. The Kier molecular flexibility index (Phi) is 4.78. The molecule has 6 heteroatoms. The molecular weight excluding hydrogens is 324 g/mol. The molecule has 0 amide bonds. The van der Waals surface area contributed by atoms with Gasteiger partial charge in [-0.15, -0.1) is 0 Å². The molecule has 3 rings (SSSR count). The summed E-state index contributed by atoms with van der Waals surface area (Å²) in [6.45, 7) is 6.34. The molecule has 1 fully saturated rings. The third-order valence-corrected chi connectivity index (χ3v) is 6.33. The van der Waals surface area contributed by atoms with Gasteiger partial charge in [-0.1, -0.05) is 44.2 Å². The van der Waals surface area contributed by atoms with Crippen molar-refractivity contribution in [3.05, 3.63) is 42.0 Å². The highest BCUT2D eigenvalue weighted by molar-refractivity contribution is 7.89. The Morgan fingerprint density at radius 1 is 1.29 bits per heavy atom. The molecule has 0 spiro atoms. The van der Waals surface area contributed by atoms with Gasteiger partial charge >= 0.3 is 0 Å². The van der Waals surface area contributed by atoms with E-state index in [1.807, 2.05) is 30.3 Å². The summed E-state index contributed by atoms with van der Waals surface area (Å²) in [7, 11) is -3.25. The molecule has 1 aromatic heterocycles. The van der Waals surface area contributed by atoms with Crippen LogP contribution < -0.4 is 0 Å². The van der Waals surface area contributed by atoms with Gasteiger partial charge in [0.15, 0.2) is 0 Å². The van der Waals surface area contributed by atoms with E-state index in [1.54, 1.807) is 11.2 Å². The van der Waals surface area contributed by atoms with E-state index in [1.165, 1.54) is 0 Å². The Morgan fingerprint density at radius 2 is 2.00 bits per heavy atom. The Balaban J connectivity index is 2.03. The molecule has 2 heterocycles. The van der Waals surface area contributed by atoms with Crippen LogP contribution in [-0.4, -0.2) is 30.0 Å². The number of oxazole rings is 1. The van der Waals surface area contributed by atoms with Crippen molar-refractivity contribution in [3.63, 3.8) is 0 Å². The third-order valence-electron chi connectivity index (χ3n) is 4.45. The highest BCUT2D eigenvalue weighted by Crippen LogP contribution is 2.38. The lowest BCUT2D eigenvalue weighted by molar-refractivity contribution is 0.317. The fourth-order valence-electron chi connectivity index (χ4n) is 3.17. The predicted molar refractivity (Wildman–Crippen MR) is 94.2 cm³/mol. The fourth-order valence-corrected chi connectivity index (χ4v) is 4.49. The molecule has 0 radical (unpaired) electrons. The average molecular weight is 348 g/mol. The SMILES string of the molecule is CCS(=O)(=O)N1CCCC1c1nc(-c2ccccc2)c(C(C)C)o1. The van der Waals surface area contributed by atoms with Crippen LogP contribution in [0.5, 0.6) is 0 Å². The second-order valence-electron chi connectivity index (χ2n) is 6.45. The number of nitrogens with zero attached hydrogens (tertiary/aromatic N) is 2. The second-order valence-corrected chi connectivity index (χ2v) is 8.67. The molecule has 1 atom stereocenters. The van der Waals surface area contributed by atoms with Gasteiger partial charge in [0.1, 0.15) is 17.5 Å². The average Bonchev–Trinajstić information content (AvgIpc) is 3.22. The predicted octanol–water partition coefficient (Wildman–Crippen LogP) is 3.95. The first-order valence-corrected chi connectivity index (χ1v) is 10.1. The lowest BCUT2D eigenvalue weighted by Crippen LogP contribution is -2.32. The summed E-state index contributed by atoms with van der Waals surface area (Å²) >= 11 is 0. The van der Waals surface area contributed by atoms with Gasteiger partial charge in [-0.05, 0) is 19.8 Å². The largest absolute Gasteiger partial charge is 0.443 e. The van der Waals surface area contributed by atoms with Crippen LogP contribution in [0.25, 0.3) is 11.3 Å². The zero-order valence-corrected chi connectivity index (χ0v) is 15.2. The van der Waals surface area contributed by atoms with Gasteiger partial charge in [-0.3, -0.25) is 0 Å². The second kappa shape index (κ2) is 6.69. The van der Waals surface area contributed by atoms with Crippen LogP contribution in [-0.2, 0) is 10.0 Å². The van der Waals surface area contributed by atoms with Crippen molar-refractivity contribution in [2.75, 3.05) is 12.3 Å². The molecule has 1 saturated heterocycles. The van der Waals surface area contributed by atoms with Gasteiger partial charge in [0.05, 0.1) is 5.75 Å². The molecule has 1 aliphatic heterocycles. The maximum absolute atomic E-state index is 12.3. The van der Waals surface area contributed by atoms with Crippen LogP contribution in [0.2, 0.25) is 0 Å². The van der Waals surface area contributed by atoms with Crippen LogP contribution in [0.15, 0.2) is 34.7 Å². The van der Waals surface area contributed by atoms with Crippen molar-refractivity contribution >= 4 is 10.0 Å². The number of aromatic nitrogens is 1. The molecule has 5 nitrogen and oxygen atoms in total. The van der Waals surface area contributed by atoms with E-state index in [2.05, 4.69) is 13.8 Å². The summed E-state index contributed by atoms with van der Waals surface area (Å²) in [6, 6.07) is 9.62. The molecule has 0 aliphatic carbocycles. The molecule has 0 bridgehead atoms. The van der Waals surface area contributed by atoms with E-state index >= 15 is 0 Å². The summed E-state index contributed by atoms with van der Waals surface area (Å²) in [5.41, 5.74) is 1.82. The summed E-state index contributed by atoms with van der Waals surface area (Å²) in [5.74, 6) is 1.62. The highest BCUT2D eigenvalue weighted by atomic mass is 32.2. The van der Waals surface area contributed by atoms with Crippen molar-refractivity contribution in [1.29, 1.82) is 0 Å². The van der Waals surface area contributed by atoms with Crippen LogP contribution in [0, 0.1) is 0 Å². The summed E-state index contributed by atoms with van der Waals surface area (Å²) in [5, 5.41) is 0. The monoisotopic (exact) mass is 348 g/mol. The van der Waals surface area contributed by atoms with Crippen molar-refractivity contribution in [1.82, 2.24) is 9.29 Å². The van der Waals surface area contributed by atoms with Crippen LogP contribution >= 0.6 is 0 Å². The first-order valence-electron chi connectivity index (χ1n) is 8.49. The normalized spacial score (nSPS) is 19.2. The maximum Gasteiger partial charge on any atom is 0.214 e. The minimum absolute atomic E-state index is 0.104. The Morgan fingerprint density at radius 3 is 2.62 bits per heavy atom. The van der Waals surface area contributed by atoms with E-state index in [0.717, 1.165) is 29.9 Å². The van der Waals surface area contributed by atoms with Crippen molar-refractivity contribution in [2.24, 2.45) is 0 Å². The zero-order chi connectivity index (χ0) is 17.3. The van der Waals surface area contributed by atoms with Gasteiger partial charge in [-0.2, -0.15) is 4.31 Å². The molecule has 2 aromatic rings. The first-order chi connectivity index (χ1) is 11.4. The number of benzene rings is 1. The lowest BCUT2D eigenvalue weighted by Gasteiger charge is -2.20. The van der Waals surface area contributed by atoms with Gasteiger partial charge in [0.25, 0.3) is 0 Å². The van der Waals surface area contributed by atoms with Crippen LogP contribution in [0.3, 0.4) is 0 Å². The van der Waals surface area contributed by atoms with Crippen LogP contribution in [0.1, 0.15) is 57.2 Å². The molecule has 0 N–H and O–H groups in total.